The number of fused-ring (bicyclic) bond motifs is 2. The van der Waals surface area contributed by atoms with Gasteiger partial charge in [0.25, 0.3) is 5.91 Å². The van der Waals surface area contributed by atoms with Gasteiger partial charge in [0.15, 0.2) is 6.61 Å². The minimum absolute atomic E-state index is 0.0379. The van der Waals surface area contributed by atoms with Gasteiger partial charge in [-0.05, 0) is 60.2 Å². The number of benzene rings is 3. The van der Waals surface area contributed by atoms with Gasteiger partial charge in [0.2, 0.25) is 0 Å². The molecular formula is C29H23FN2O3. The van der Waals surface area contributed by atoms with Crippen molar-refractivity contribution >= 4 is 40.1 Å². The summed E-state index contributed by atoms with van der Waals surface area (Å²) >= 11 is 0. The molecule has 0 saturated heterocycles. The van der Waals surface area contributed by atoms with Gasteiger partial charge in [-0.2, -0.15) is 0 Å². The summed E-state index contributed by atoms with van der Waals surface area (Å²) in [6.07, 6.45) is 4.52. The van der Waals surface area contributed by atoms with E-state index in [1.807, 2.05) is 54.6 Å². The van der Waals surface area contributed by atoms with E-state index in [4.69, 9.17) is 9.72 Å². The highest BCUT2D eigenvalue weighted by Gasteiger charge is 2.26. The number of anilines is 1. The summed E-state index contributed by atoms with van der Waals surface area (Å²) in [5.41, 5.74) is 4.92. The molecule has 5 nitrogen and oxygen atoms in total. The number of aromatic nitrogens is 1. The number of nitrogens with zero attached hydrogens (tertiary/aromatic N) is 1. The molecule has 0 fully saturated rings. The average Bonchev–Trinajstić information content (AvgIpc) is 2.88. The van der Waals surface area contributed by atoms with Crippen molar-refractivity contribution in [2.24, 2.45) is 0 Å². The van der Waals surface area contributed by atoms with Crippen LogP contribution in [0, 0.1) is 5.82 Å². The van der Waals surface area contributed by atoms with Gasteiger partial charge >= 0.3 is 5.97 Å². The number of halogens is 1. The second-order valence-corrected chi connectivity index (χ2v) is 8.37. The van der Waals surface area contributed by atoms with Crippen LogP contribution in [-0.4, -0.2) is 23.5 Å². The van der Waals surface area contributed by atoms with Crippen molar-refractivity contribution < 1.29 is 18.7 Å². The highest BCUT2D eigenvalue weighted by atomic mass is 19.1. The molecule has 35 heavy (non-hydrogen) atoms. The Kier molecular flexibility index (Phi) is 6.35. The molecule has 6 heteroatoms. The maximum atomic E-state index is 13.8. The maximum Gasteiger partial charge on any atom is 0.339 e. The first-order valence-electron chi connectivity index (χ1n) is 11.5. The van der Waals surface area contributed by atoms with Crippen LogP contribution in [0.2, 0.25) is 0 Å². The van der Waals surface area contributed by atoms with E-state index in [2.05, 4.69) is 11.4 Å². The molecule has 5 rings (SSSR count). The van der Waals surface area contributed by atoms with Crippen LogP contribution < -0.4 is 5.32 Å². The molecule has 0 atom stereocenters. The number of hydrogen-bond donors (Lipinski definition) is 1. The lowest BCUT2D eigenvalue weighted by Gasteiger charge is -2.22. The quantitative estimate of drug-likeness (QED) is 0.364. The van der Waals surface area contributed by atoms with Crippen LogP contribution in [0.3, 0.4) is 0 Å². The molecule has 1 aliphatic carbocycles. The number of rotatable bonds is 5. The van der Waals surface area contributed by atoms with Crippen LogP contribution >= 0.6 is 0 Å². The van der Waals surface area contributed by atoms with Crippen molar-refractivity contribution in [2.45, 2.75) is 19.3 Å². The van der Waals surface area contributed by atoms with Gasteiger partial charge in [-0.25, -0.2) is 14.2 Å². The summed E-state index contributed by atoms with van der Waals surface area (Å²) in [5.74, 6) is -1.76. The highest BCUT2D eigenvalue weighted by Crippen LogP contribution is 2.36. The van der Waals surface area contributed by atoms with Gasteiger partial charge < -0.3 is 10.1 Å². The standard InChI is InChI=1S/C29H23FN2O3/c30-23-14-5-7-16-25(23)31-26(33)18-35-29(34)27-21-12-4-6-15-24(21)32-28-20(11-8-13-22(27)28)17-19-9-2-1-3-10-19/h1-7,9-10,12,14-17H,8,11,13,18H2,(H,31,33)/b20-17+. The fraction of sp³-hybridized carbons (Fsp3) is 0.138. The number of carbonyl (C=O) groups excluding carboxylic acids is 2. The van der Waals surface area contributed by atoms with Crippen LogP contribution in [0.5, 0.6) is 0 Å². The minimum Gasteiger partial charge on any atom is -0.452 e. The van der Waals surface area contributed by atoms with Gasteiger partial charge in [0, 0.05) is 5.39 Å². The number of pyridine rings is 1. The van der Waals surface area contributed by atoms with Crippen molar-refractivity contribution in [1.82, 2.24) is 4.98 Å². The zero-order valence-corrected chi connectivity index (χ0v) is 19.0. The first-order chi connectivity index (χ1) is 17.1. The number of para-hydroxylation sites is 2. The second-order valence-electron chi connectivity index (χ2n) is 8.37. The molecule has 0 bridgehead atoms. The van der Waals surface area contributed by atoms with Crippen LogP contribution in [0.4, 0.5) is 10.1 Å². The molecule has 4 aromatic rings. The number of carbonyl (C=O) groups is 2. The number of amides is 1. The molecule has 174 valence electrons. The van der Waals surface area contributed by atoms with E-state index in [0.29, 0.717) is 22.9 Å². The largest absolute Gasteiger partial charge is 0.452 e. The minimum atomic E-state index is -0.611. The Morgan fingerprint density at radius 3 is 2.51 bits per heavy atom. The van der Waals surface area contributed by atoms with E-state index in [1.165, 1.54) is 18.2 Å². The molecule has 0 unspecified atom stereocenters. The average molecular weight is 467 g/mol. The van der Waals surface area contributed by atoms with Crippen molar-refractivity contribution in [3.8, 4) is 0 Å². The Hall–Kier alpha value is -4.32. The van der Waals surface area contributed by atoms with E-state index in [9.17, 15) is 14.0 Å². The van der Waals surface area contributed by atoms with E-state index in [1.54, 1.807) is 6.07 Å². The maximum absolute atomic E-state index is 13.8. The van der Waals surface area contributed by atoms with E-state index >= 15 is 0 Å². The zero-order chi connectivity index (χ0) is 24.2. The van der Waals surface area contributed by atoms with Crippen molar-refractivity contribution in [3.63, 3.8) is 0 Å². The smallest absolute Gasteiger partial charge is 0.339 e. The highest BCUT2D eigenvalue weighted by molar-refractivity contribution is 6.07. The van der Waals surface area contributed by atoms with Gasteiger partial charge in [-0.1, -0.05) is 60.7 Å². The summed E-state index contributed by atoms with van der Waals surface area (Å²) in [4.78, 5) is 30.5. The van der Waals surface area contributed by atoms with Gasteiger partial charge in [0.05, 0.1) is 22.5 Å². The molecule has 0 saturated carbocycles. The van der Waals surface area contributed by atoms with Crippen LogP contribution in [0.15, 0.2) is 78.9 Å². The van der Waals surface area contributed by atoms with Crippen LogP contribution in [0.1, 0.15) is 40.0 Å². The molecule has 1 aromatic heterocycles. The monoisotopic (exact) mass is 466 g/mol. The summed E-state index contributed by atoms with van der Waals surface area (Å²) < 4.78 is 19.2. The predicted molar refractivity (Wildman–Crippen MR) is 134 cm³/mol. The first kappa shape index (κ1) is 22.5. The Balaban J connectivity index is 1.47. The summed E-state index contributed by atoms with van der Waals surface area (Å²) in [7, 11) is 0. The molecule has 1 aliphatic rings. The van der Waals surface area contributed by atoms with E-state index in [0.717, 1.165) is 35.2 Å². The molecule has 3 aromatic carbocycles. The number of hydrogen-bond acceptors (Lipinski definition) is 4. The predicted octanol–water partition coefficient (Wildman–Crippen LogP) is 6.05. The summed E-state index contributed by atoms with van der Waals surface area (Å²) in [6.45, 7) is -0.523. The Bertz CT molecular complexity index is 1450. The van der Waals surface area contributed by atoms with E-state index < -0.39 is 24.3 Å². The van der Waals surface area contributed by atoms with Crippen molar-refractivity contribution in [3.05, 3.63) is 107 Å². The second kappa shape index (κ2) is 9.89. The molecule has 1 amide bonds. The summed E-state index contributed by atoms with van der Waals surface area (Å²) in [5, 5.41) is 3.13. The fourth-order valence-corrected chi connectivity index (χ4v) is 4.41. The summed E-state index contributed by atoms with van der Waals surface area (Å²) in [6, 6.07) is 23.3. The number of nitrogens with one attached hydrogen (secondary N) is 1. The van der Waals surface area contributed by atoms with Gasteiger partial charge in [-0.15, -0.1) is 0 Å². The van der Waals surface area contributed by atoms with Crippen LogP contribution in [0.25, 0.3) is 22.6 Å². The van der Waals surface area contributed by atoms with E-state index in [-0.39, 0.29) is 5.69 Å². The SMILES string of the molecule is O=C(COC(=O)c1c2c(nc3ccccc13)/C(=C/c1ccccc1)CCC2)Nc1ccccc1F. The fourth-order valence-electron chi connectivity index (χ4n) is 4.41. The zero-order valence-electron chi connectivity index (χ0n) is 19.0. The third kappa shape index (κ3) is 4.82. The molecule has 1 heterocycles. The van der Waals surface area contributed by atoms with Crippen molar-refractivity contribution in [2.75, 3.05) is 11.9 Å². The molecule has 0 aliphatic heterocycles. The number of allylic oxidation sites excluding steroid dienone is 1. The Labute approximate surface area is 202 Å². The third-order valence-electron chi connectivity index (χ3n) is 6.00. The lowest BCUT2D eigenvalue weighted by Crippen LogP contribution is -2.23. The molecular weight excluding hydrogens is 443 g/mol. The van der Waals surface area contributed by atoms with Crippen LogP contribution in [-0.2, 0) is 16.0 Å². The lowest BCUT2D eigenvalue weighted by atomic mass is 9.86. The Morgan fingerprint density at radius 2 is 1.69 bits per heavy atom. The molecule has 1 N–H and O–H groups in total. The number of ether oxygens (including phenoxy) is 1. The first-order valence-corrected chi connectivity index (χ1v) is 11.5. The normalized spacial score (nSPS) is 13.9. The van der Waals surface area contributed by atoms with Gasteiger partial charge in [-0.3, -0.25) is 4.79 Å². The topological polar surface area (TPSA) is 68.3 Å². The number of esters is 1. The molecule has 0 radical (unpaired) electrons. The Morgan fingerprint density at radius 1 is 0.943 bits per heavy atom. The van der Waals surface area contributed by atoms with Crippen molar-refractivity contribution in [1.29, 1.82) is 0 Å². The third-order valence-corrected chi connectivity index (χ3v) is 6.00. The van der Waals surface area contributed by atoms with Gasteiger partial charge in [0.1, 0.15) is 5.82 Å². The molecule has 0 spiro atoms. The lowest BCUT2D eigenvalue weighted by molar-refractivity contribution is -0.119.